The van der Waals surface area contributed by atoms with Crippen LogP contribution in [-0.2, 0) is 28.6 Å². The predicted octanol–water partition coefficient (Wildman–Crippen LogP) is 13.3. The zero-order valence-electron chi connectivity index (χ0n) is 38.9. The summed E-state index contributed by atoms with van der Waals surface area (Å²) in [5.41, 5.74) is 0. The van der Waals surface area contributed by atoms with E-state index < -0.39 is 18.1 Å². The van der Waals surface area contributed by atoms with Crippen LogP contribution in [0.4, 0.5) is 0 Å². The molecule has 0 rings (SSSR count). The van der Waals surface area contributed by atoms with Gasteiger partial charge in [0.2, 0.25) is 0 Å². The van der Waals surface area contributed by atoms with Gasteiger partial charge in [-0.15, -0.1) is 0 Å². The van der Waals surface area contributed by atoms with Crippen LogP contribution in [0.25, 0.3) is 0 Å². The van der Waals surface area contributed by atoms with Crippen LogP contribution in [0.3, 0.4) is 0 Å². The summed E-state index contributed by atoms with van der Waals surface area (Å²) < 4.78 is 17.2. The maximum Gasteiger partial charge on any atom is 0.362 e. The fourth-order valence-corrected chi connectivity index (χ4v) is 6.39. The van der Waals surface area contributed by atoms with Gasteiger partial charge in [0.25, 0.3) is 0 Å². The Morgan fingerprint density at radius 1 is 0.517 bits per heavy atom. The third-order valence-electron chi connectivity index (χ3n) is 10.0. The molecule has 0 heterocycles. The van der Waals surface area contributed by atoms with Gasteiger partial charge in [-0.05, 0) is 83.5 Å². The first-order chi connectivity index (χ1) is 29.1. The summed E-state index contributed by atoms with van der Waals surface area (Å²) in [6, 6.07) is -0.629. The molecular weight excluding hydrogens is 751 g/mol. The number of likely N-dealkylation sites (N-methyl/N-ethyl adjacent to an activating group) is 1. The zero-order valence-corrected chi connectivity index (χ0v) is 38.9. The van der Waals surface area contributed by atoms with Crippen molar-refractivity contribution in [1.82, 2.24) is 0 Å². The van der Waals surface area contributed by atoms with Crippen LogP contribution in [0.5, 0.6) is 0 Å². The van der Waals surface area contributed by atoms with E-state index in [1.165, 1.54) is 64.2 Å². The molecule has 0 saturated heterocycles. The lowest BCUT2D eigenvalue weighted by Crippen LogP contribution is -2.50. The molecule has 8 nitrogen and oxygen atoms in total. The van der Waals surface area contributed by atoms with Gasteiger partial charge < -0.3 is 23.8 Å². The lowest BCUT2D eigenvalue weighted by Gasteiger charge is -2.31. The van der Waals surface area contributed by atoms with Crippen LogP contribution in [0.2, 0.25) is 0 Å². The van der Waals surface area contributed by atoms with Crippen LogP contribution in [0, 0.1) is 0 Å². The highest BCUT2D eigenvalue weighted by molar-refractivity contribution is 5.72. The monoisotopic (exact) mass is 839 g/mol. The van der Waals surface area contributed by atoms with Gasteiger partial charge in [0, 0.05) is 19.3 Å². The number of aliphatic carboxylic acids is 1. The molecule has 0 aliphatic heterocycles. The van der Waals surface area contributed by atoms with Crippen molar-refractivity contribution >= 4 is 17.9 Å². The van der Waals surface area contributed by atoms with E-state index >= 15 is 0 Å². The van der Waals surface area contributed by atoms with E-state index in [-0.39, 0.29) is 42.7 Å². The third-order valence-corrected chi connectivity index (χ3v) is 10.0. The number of quaternary nitrogens is 1. The summed E-state index contributed by atoms with van der Waals surface area (Å²) in [5.74, 6) is -1.56. The van der Waals surface area contributed by atoms with Gasteiger partial charge in [0.15, 0.2) is 12.1 Å². The normalized spacial score (nSPS) is 13.7. The number of allylic oxidation sites excluding steroid dienone is 14. The molecule has 0 spiro atoms. The minimum atomic E-state index is -0.887. The van der Waals surface area contributed by atoms with Crippen LogP contribution in [0.15, 0.2) is 85.1 Å². The molecule has 342 valence electrons. The van der Waals surface area contributed by atoms with E-state index in [0.29, 0.717) is 19.3 Å². The number of carbonyl (C=O) groups excluding carboxylic acids is 2. The van der Waals surface area contributed by atoms with Crippen molar-refractivity contribution in [2.45, 2.75) is 187 Å². The Bertz CT molecular complexity index is 1250. The molecule has 2 unspecified atom stereocenters. The van der Waals surface area contributed by atoms with Crippen LogP contribution in [-0.4, -0.2) is 80.6 Å². The zero-order chi connectivity index (χ0) is 44.2. The van der Waals surface area contributed by atoms with Crippen LogP contribution < -0.4 is 0 Å². The number of esters is 2. The molecule has 0 fully saturated rings. The van der Waals surface area contributed by atoms with Gasteiger partial charge in [0.05, 0.1) is 34.4 Å². The van der Waals surface area contributed by atoms with Gasteiger partial charge in [-0.25, -0.2) is 4.79 Å². The highest BCUT2D eigenvalue weighted by Gasteiger charge is 2.31. The molecule has 8 heteroatoms. The lowest BCUT2D eigenvalue weighted by molar-refractivity contribution is -0.887. The van der Waals surface area contributed by atoms with E-state index in [9.17, 15) is 19.5 Å². The first-order valence-corrected chi connectivity index (χ1v) is 23.6. The standard InChI is InChI=1S/C52H87NO7/c1-6-8-10-12-14-16-18-20-22-24-25-27-28-30-32-34-36-38-40-42-50(54)59-47-48(46-58-45-44-49(52(56)57)53(3,4)5)60-51(55)43-41-39-37-35-33-31-29-26-23-21-19-17-15-13-11-9-7-2/h8,10,14-17,20-23,29,31,35,37,48-49H,6-7,9,11-13,18-19,24-28,30,32-34,36,38-47H2,1-5H3/p+1/b10-8+,16-14+,17-15+,22-20+,23-21+,31-29+,37-35+. The molecule has 1 N–H and O–H groups in total. The van der Waals surface area contributed by atoms with Crippen LogP contribution in [0.1, 0.15) is 174 Å². The van der Waals surface area contributed by atoms with Crippen molar-refractivity contribution in [3.8, 4) is 0 Å². The van der Waals surface area contributed by atoms with Crippen molar-refractivity contribution in [3.05, 3.63) is 85.1 Å². The Morgan fingerprint density at radius 2 is 0.950 bits per heavy atom. The van der Waals surface area contributed by atoms with Crippen molar-refractivity contribution < 1.29 is 38.2 Å². The summed E-state index contributed by atoms with van der Waals surface area (Å²) >= 11 is 0. The Hall–Kier alpha value is -3.49. The molecular formula is C52H88NO7+. The number of carboxylic acids is 1. The number of unbranched alkanes of at least 4 members (excludes halogenated alkanes) is 13. The van der Waals surface area contributed by atoms with Gasteiger partial charge in [0.1, 0.15) is 6.61 Å². The summed E-state index contributed by atoms with van der Waals surface area (Å²) in [6.07, 6.45) is 54.9. The SMILES string of the molecule is CC/C=C/C/C=C/C/C=C/CCCCCCCCCCCC(=O)OCC(COCCC(C(=O)O)[N+](C)(C)C)OC(=O)CCC/C=C/C/C=C/C/C=C/C/C=C/CCCCC. The largest absolute Gasteiger partial charge is 0.477 e. The molecule has 0 aliphatic carbocycles. The summed E-state index contributed by atoms with van der Waals surface area (Å²) in [5, 5.41) is 9.63. The molecule has 0 bridgehead atoms. The molecule has 0 radical (unpaired) electrons. The fourth-order valence-electron chi connectivity index (χ4n) is 6.39. The number of rotatable bonds is 41. The highest BCUT2D eigenvalue weighted by atomic mass is 16.6. The second-order valence-electron chi connectivity index (χ2n) is 16.6. The fraction of sp³-hybridized carbons (Fsp3) is 0.673. The first-order valence-electron chi connectivity index (χ1n) is 23.6. The van der Waals surface area contributed by atoms with Gasteiger partial charge in [-0.3, -0.25) is 9.59 Å². The van der Waals surface area contributed by atoms with Crippen LogP contribution >= 0.6 is 0 Å². The molecule has 0 aromatic heterocycles. The van der Waals surface area contributed by atoms with E-state index in [1.54, 1.807) is 0 Å². The van der Waals surface area contributed by atoms with E-state index in [2.05, 4.69) is 98.9 Å². The van der Waals surface area contributed by atoms with Gasteiger partial charge >= 0.3 is 17.9 Å². The van der Waals surface area contributed by atoms with E-state index in [0.717, 1.165) is 70.6 Å². The van der Waals surface area contributed by atoms with Crippen molar-refractivity contribution in [2.75, 3.05) is 41.0 Å². The van der Waals surface area contributed by atoms with Crippen molar-refractivity contribution in [2.24, 2.45) is 0 Å². The Morgan fingerprint density at radius 3 is 1.43 bits per heavy atom. The first kappa shape index (κ1) is 56.5. The highest BCUT2D eigenvalue weighted by Crippen LogP contribution is 2.13. The number of hydrogen-bond acceptors (Lipinski definition) is 6. The molecule has 0 aromatic rings. The van der Waals surface area contributed by atoms with Gasteiger partial charge in [-0.1, -0.05) is 157 Å². The Balaban J connectivity index is 4.40. The Kier molecular flexibility index (Phi) is 39.8. The number of carboxylic acid groups (broad SMARTS) is 1. The van der Waals surface area contributed by atoms with Crippen molar-refractivity contribution in [1.29, 1.82) is 0 Å². The second-order valence-corrected chi connectivity index (χ2v) is 16.6. The Labute approximate surface area is 367 Å². The predicted molar refractivity (Wildman–Crippen MR) is 252 cm³/mol. The molecule has 2 atom stereocenters. The summed E-state index contributed by atoms with van der Waals surface area (Å²) in [4.78, 5) is 37.0. The molecule has 0 aliphatic rings. The molecule has 60 heavy (non-hydrogen) atoms. The van der Waals surface area contributed by atoms with Gasteiger partial charge in [-0.2, -0.15) is 0 Å². The van der Waals surface area contributed by atoms with E-state index in [4.69, 9.17) is 14.2 Å². The minimum Gasteiger partial charge on any atom is -0.477 e. The maximum atomic E-state index is 12.7. The lowest BCUT2D eigenvalue weighted by atomic mass is 10.1. The maximum absolute atomic E-state index is 12.7. The van der Waals surface area contributed by atoms with Crippen molar-refractivity contribution in [3.63, 3.8) is 0 Å². The molecule has 0 saturated carbocycles. The summed E-state index contributed by atoms with van der Waals surface area (Å²) in [7, 11) is 5.50. The number of hydrogen-bond donors (Lipinski definition) is 1. The topological polar surface area (TPSA) is 99.1 Å². The number of nitrogens with zero attached hydrogens (tertiary/aromatic N) is 1. The average molecular weight is 839 g/mol. The summed E-state index contributed by atoms with van der Waals surface area (Å²) in [6.45, 7) is 4.53. The quantitative estimate of drug-likeness (QED) is 0.0283. The number of carbonyl (C=O) groups is 3. The minimum absolute atomic E-state index is 0.0331. The molecule has 0 amide bonds. The smallest absolute Gasteiger partial charge is 0.362 e. The average Bonchev–Trinajstić information content (AvgIpc) is 3.21. The third kappa shape index (κ3) is 39.9. The molecule has 0 aromatic carbocycles. The number of ether oxygens (including phenoxy) is 3. The second kappa shape index (κ2) is 42.2. The van der Waals surface area contributed by atoms with E-state index in [1.807, 2.05) is 21.1 Å².